The Labute approximate surface area is 147 Å². The van der Waals surface area contributed by atoms with Gasteiger partial charge in [0.1, 0.15) is 0 Å². The SMILES string of the molecule is CCCCCC=CCCCCCCCCOc1ccc(C(C)=O)o1. The Morgan fingerprint density at radius 1 is 0.958 bits per heavy atom. The second-order valence-electron chi connectivity index (χ2n) is 6.40. The van der Waals surface area contributed by atoms with Crippen LogP contribution in [0.2, 0.25) is 0 Å². The monoisotopic (exact) mass is 334 g/mol. The lowest BCUT2D eigenvalue weighted by atomic mass is 10.1. The van der Waals surface area contributed by atoms with Crippen LogP contribution in [0.25, 0.3) is 0 Å². The molecule has 0 aliphatic heterocycles. The molecule has 1 heterocycles. The van der Waals surface area contributed by atoms with Crippen molar-refractivity contribution in [1.29, 1.82) is 0 Å². The van der Waals surface area contributed by atoms with Gasteiger partial charge in [-0.15, -0.1) is 0 Å². The van der Waals surface area contributed by atoms with Crippen molar-refractivity contribution in [1.82, 2.24) is 0 Å². The van der Waals surface area contributed by atoms with Crippen molar-refractivity contribution in [3.8, 4) is 5.95 Å². The number of carbonyl (C=O) groups excluding carboxylic acids is 1. The summed E-state index contributed by atoms with van der Waals surface area (Å²) in [6.07, 6.45) is 18.6. The van der Waals surface area contributed by atoms with Crippen molar-refractivity contribution in [2.45, 2.75) is 84.5 Å². The zero-order chi connectivity index (χ0) is 17.5. The normalized spacial score (nSPS) is 11.2. The molecule has 0 N–H and O–H groups in total. The van der Waals surface area contributed by atoms with Gasteiger partial charge in [-0.05, 0) is 38.2 Å². The number of carbonyl (C=O) groups is 1. The van der Waals surface area contributed by atoms with Gasteiger partial charge in [-0.3, -0.25) is 4.79 Å². The van der Waals surface area contributed by atoms with E-state index >= 15 is 0 Å². The summed E-state index contributed by atoms with van der Waals surface area (Å²) >= 11 is 0. The Bertz CT molecular complexity index is 459. The zero-order valence-corrected chi connectivity index (χ0v) is 15.5. The molecule has 0 saturated heterocycles. The quantitative estimate of drug-likeness (QED) is 0.203. The highest BCUT2D eigenvalue weighted by atomic mass is 16.6. The van der Waals surface area contributed by atoms with Crippen LogP contribution in [0.5, 0.6) is 5.95 Å². The minimum atomic E-state index is -0.0688. The van der Waals surface area contributed by atoms with Crippen LogP contribution in [0.15, 0.2) is 28.7 Å². The molecular formula is C21H34O3. The smallest absolute Gasteiger partial charge is 0.284 e. The fraction of sp³-hybridized carbons (Fsp3) is 0.667. The first-order chi connectivity index (χ1) is 11.7. The largest absolute Gasteiger partial charge is 0.465 e. The first kappa shape index (κ1) is 20.5. The molecule has 3 heteroatoms. The number of rotatable bonds is 15. The van der Waals surface area contributed by atoms with E-state index < -0.39 is 0 Å². The summed E-state index contributed by atoms with van der Waals surface area (Å²) in [7, 11) is 0. The van der Waals surface area contributed by atoms with Crippen LogP contribution in [0.3, 0.4) is 0 Å². The number of Topliss-reactive ketones (excluding diaryl/α,β-unsaturated/α-hetero) is 1. The van der Waals surface area contributed by atoms with Gasteiger partial charge in [0.15, 0.2) is 11.5 Å². The van der Waals surface area contributed by atoms with Gasteiger partial charge in [0, 0.05) is 13.0 Å². The predicted octanol–water partition coefficient (Wildman–Crippen LogP) is 6.73. The molecule has 0 amide bonds. The summed E-state index contributed by atoms with van der Waals surface area (Å²) in [5.74, 6) is 0.746. The van der Waals surface area contributed by atoms with Crippen LogP contribution in [0, 0.1) is 0 Å². The third-order valence-corrected chi connectivity index (χ3v) is 4.08. The fourth-order valence-electron chi connectivity index (χ4n) is 2.58. The lowest BCUT2D eigenvalue weighted by Crippen LogP contribution is -1.96. The van der Waals surface area contributed by atoms with Gasteiger partial charge in [-0.1, -0.05) is 57.6 Å². The second-order valence-corrected chi connectivity index (χ2v) is 6.40. The minimum Gasteiger partial charge on any atom is -0.465 e. The molecule has 0 spiro atoms. The van der Waals surface area contributed by atoms with E-state index in [2.05, 4.69) is 19.1 Å². The van der Waals surface area contributed by atoms with Gasteiger partial charge in [0.25, 0.3) is 5.95 Å². The average molecular weight is 334 g/mol. The molecule has 3 nitrogen and oxygen atoms in total. The number of ketones is 1. The maximum absolute atomic E-state index is 11.1. The number of hydrogen-bond donors (Lipinski definition) is 0. The molecule has 0 bridgehead atoms. The van der Waals surface area contributed by atoms with E-state index in [0.29, 0.717) is 18.3 Å². The summed E-state index contributed by atoms with van der Waals surface area (Å²) in [5.41, 5.74) is 0. The van der Waals surface area contributed by atoms with Crippen LogP contribution < -0.4 is 4.74 Å². The average Bonchev–Trinajstić information content (AvgIpc) is 3.04. The third kappa shape index (κ3) is 10.3. The Morgan fingerprint density at radius 2 is 1.58 bits per heavy atom. The Kier molecular flexibility index (Phi) is 11.9. The summed E-state index contributed by atoms with van der Waals surface area (Å²) in [5, 5.41) is 0. The summed E-state index contributed by atoms with van der Waals surface area (Å²) in [4.78, 5) is 11.1. The molecule has 0 aliphatic rings. The zero-order valence-electron chi connectivity index (χ0n) is 15.5. The molecular weight excluding hydrogens is 300 g/mol. The molecule has 24 heavy (non-hydrogen) atoms. The topological polar surface area (TPSA) is 39.4 Å². The maximum Gasteiger partial charge on any atom is 0.284 e. The standard InChI is InChI=1S/C21H34O3/c1-3-4-5-6-7-8-9-10-11-12-13-14-15-18-23-21-17-16-20(24-21)19(2)22/h7-8,16-17H,3-6,9-15,18H2,1-2H3. The van der Waals surface area contributed by atoms with E-state index in [1.54, 1.807) is 12.1 Å². The van der Waals surface area contributed by atoms with Gasteiger partial charge in [-0.25, -0.2) is 0 Å². The minimum absolute atomic E-state index is 0.0688. The number of ether oxygens (including phenoxy) is 1. The van der Waals surface area contributed by atoms with Crippen LogP contribution in [-0.2, 0) is 0 Å². The first-order valence-corrected chi connectivity index (χ1v) is 9.62. The lowest BCUT2D eigenvalue weighted by molar-refractivity contribution is 0.0978. The first-order valence-electron chi connectivity index (χ1n) is 9.62. The molecule has 136 valence electrons. The summed E-state index contributed by atoms with van der Waals surface area (Å²) in [6.45, 7) is 4.40. The van der Waals surface area contributed by atoms with Crippen LogP contribution in [0.4, 0.5) is 0 Å². The van der Waals surface area contributed by atoms with Gasteiger partial charge >= 0.3 is 0 Å². The second kappa shape index (κ2) is 13.9. The molecule has 0 aliphatic carbocycles. The highest BCUT2D eigenvalue weighted by molar-refractivity contribution is 5.91. The molecule has 1 aromatic rings. The molecule has 0 unspecified atom stereocenters. The van der Waals surface area contributed by atoms with Gasteiger partial charge in [-0.2, -0.15) is 0 Å². The maximum atomic E-state index is 11.1. The highest BCUT2D eigenvalue weighted by Gasteiger charge is 2.06. The Hall–Kier alpha value is -1.51. The molecule has 0 radical (unpaired) electrons. The number of allylic oxidation sites excluding steroid dienone is 2. The van der Waals surface area contributed by atoms with E-state index in [1.165, 1.54) is 71.1 Å². The van der Waals surface area contributed by atoms with Crippen molar-refractivity contribution >= 4 is 5.78 Å². The molecule has 0 saturated carbocycles. The van der Waals surface area contributed by atoms with Crippen LogP contribution >= 0.6 is 0 Å². The van der Waals surface area contributed by atoms with Crippen molar-refractivity contribution < 1.29 is 13.9 Å². The van der Waals surface area contributed by atoms with E-state index in [1.807, 2.05) is 0 Å². The van der Waals surface area contributed by atoms with Crippen LogP contribution in [-0.4, -0.2) is 12.4 Å². The van der Waals surface area contributed by atoms with Crippen molar-refractivity contribution in [2.24, 2.45) is 0 Å². The van der Waals surface area contributed by atoms with Crippen molar-refractivity contribution in [2.75, 3.05) is 6.61 Å². The number of hydrogen-bond acceptors (Lipinski definition) is 3. The van der Waals surface area contributed by atoms with E-state index in [9.17, 15) is 4.79 Å². The van der Waals surface area contributed by atoms with E-state index in [-0.39, 0.29) is 5.78 Å². The molecule has 0 atom stereocenters. The Morgan fingerprint density at radius 3 is 2.21 bits per heavy atom. The molecule has 0 aromatic carbocycles. The highest BCUT2D eigenvalue weighted by Crippen LogP contribution is 2.17. The third-order valence-electron chi connectivity index (χ3n) is 4.08. The molecule has 1 aromatic heterocycles. The number of unbranched alkanes of at least 4 members (excludes halogenated alkanes) is 9. The molecule has 0 fully saturated rings. The Balaban J connectivity index is 1.86. The van der Waals surface area contributed by atoms with Crippen LogP contribution in [0.1, 0.15) is 95.0 Å². The number of furan rings is 1. The fourth-order valence-corrected chi connectivity index (χ4v) is 2.58. The summed E-state index contributed by atoms with van der Waals surface area (Å²) in [6, 6.07) is 3.38. The van der Waals surface area contributed by atoms with Gasteiger partial charge in [0.2, 0.25) is 0 Å². The summed E-state index contributed by atoms with van der Waals surface area (Å²) < 4.78 is 10.8. The predicted molar refractivity (Wildman–Crippen MR) is 99.8 cm³/mol. The van der Waals surface area contributed by atoms with Crippen molar-refractivity contribution in [3.63, 3.8) is 0 Å². The van der Waals surface area contributed by atoms with Gasteiger partial charge in [0.05, 0.1) is 6.61 Å². The van der Waals surface area contributed by atoms with Crippen molar-refractivity contribution in [3.05, 3.63) is 30.0 Å². The van der Waals surface area contributed by atoms with Gasteiger partial charge < -0.3 is 9.15 Å². The van der Waals surface area contributed by atoms with E-state index in [0.717, 1.165) is 6.42 Å². The van der Waals surface area contributed by atoms with E-state index in [4.69, 9.17) is 9.15 Å². The lowest BCUT2D eigenvalue weighted by Gasteiger charge is -2.03. The molecule has 1 rings (SSSR count).